The second kappa shape index (κ2) is 9.27. The van der Waals surface area contributed by atoms with Gasteiger partial charge >= 0.3 is 0 Å². The monoisotopic (exact) mass is 424 g/mol. The lowest BCUT2D eigenvalue weighted by Gasteiger charge is -2.34. The van der Waals surface area contributed by atoms with Crippen molar-refractivity contribution in [2.75, 3.05) is 33.3 Å². The van der Waals surface area contributed by atoms with Crippen molar-refractivity contribution >= 4 is 22.4 Å². The van der Waals surface area contributed by atoms with E-state index >= 15 is 0 Å². The number of methoxy groups -OCH3 is 1. The predicted octanol–water partition coefficient (Wildman–Crippen LogP) is 3.55. The molecule has 5 nitrogen and oxygen atoms in total. The van der Waals surface area contributed by atoms with Gasteiger partial charge in [-0.3, -0.25) is 4.90 Å². The molecular weight excluding hydrogens is 396 g/mol. The summed E-state index contributed by atoms with van der Waals surface area (Å²) in [4.78, 5) is 2.75. The summed E-state index contributed by atoms with van der Waals surface area (Å²) in [6, 6.07) is 11.9. The first-order valence-corrected chi connectivity index (χ1v) is 10.7. The summed E-state index contributed by atoms with van der Waals surface area (Å²) in [6.07, 6.45) is 0. The van der Waals surface area contributed by atoms with Crippen molar-refractivity contribution in [2.45, 2.75) is 32.2 Å². The summed E-state index contributed by atoms with van der Waals surface area (Å²) in [7, 11) is -1.80. The minimum absolute atomic E-state index is 0. The van der Waals surface area contributed by atoms with Gasteiger partial charge in [0.25, 0.3) is 0 Å². The Kier molecular flexibility index (Phi) is 7.51. The first kappa shape index (κ1) is 22.7. The number of hydrogen-bond donors (Lipinski definition) is 0. The molecule has 1 saturated heterocycles. The molecule has 0 spiro atoms. The molecule has 0 saturated carbocycles. The molecule has 3 rings (SSSR count). The number of halogens is 1. The molecule has 0 bridgehead atoms. The van der Waals surface area contributed by atoms with E-state index in [1.165, 1.54) is 5.56 Å². The minimum atomic E-state index is -3.46. The molecule has 7 heteroatoms. The van der Waals surface area contributed by atoms with E-state index in [0.29, 0.717) is 18.0 Å². The van der Waals surface area contributed by atoms with Crippen LogP contribution in [0.5, 0.6) is 5.75 Å². The maximum absolute atomic E-state index is 13.2. The number of ether oxygens (including phenoxy) is 1. The van der Waals surface area contributed by atoms with Crippen LogP contribution in [-0.2, 0) is 16.6 Å². The molecule has 1 heterocycles. The highest BCUT2D eigenvalue weighted by atomic mass is 35.5. The zero-order valence-electron chi connectivity index (χ0n) is 16.9. The van der Waals surface area contributed by atoms with Crippen molar-refractivity contribution in [1.82, 2.24) is 9.21 Å². The van der Waals surface area contributed by atoms with E-state index in [-0.39, 0.29) is 12.4 Å². The van der Waals surface area contributed by atoms with E-state index in [2.05, 4.69) is 11.0 Å². The van der Waals surface area contributed by atoms with Gasteiger partial charge < -0.3 is 4.74 Å². The van der Waals surface area contributed by atoms with Gasteiger partial charge in [0.1, 0.15) is 5.75 Å². The Labute approximate surface area is 174 Å². The smallest absolute Gasteiger partial charge is 0.243 e. The fourth-order valence-electron chi connectivity index (χ4n) is 3.86. The highest BCUT2D eigenvalue weighted by Crippen LogP contribution is 2.26. The molecule has 0 amide bonds. The number of aryl methyl sites for hydroxylation is 3. The summed E-state index contributed by atoms with van der Waals surface area (Å²) in [6.45, 7) is 9.03. The third kappa shape index (κ3) is 4.87. The van der Waals surface area contributed by atoms with Crippen molar-refractivity contribution in [3.63, 3.8) is 0 Å². The molecule has 1 aliphatic rings. The van der Waals surface area contributed by atoms with Gasteiger partial charge in [0.2, 0.25) is 10.0 Å². The van der Waals surface area contributed by atoms with Crippen molar-refractivity contribution in [3.8, 4) is 5.75 Å². The summed E-state index contributed by atoms with van der Waals surface area (Å²) in [5.74, 6) is 0.846. The van der Waals surface area contributed by atoms with Gasteiger partial charge in [-0.25, -0.2) is 8.42 Å². The Morgan fingerprint density at radius 1 is 0.964 bits per heavy atom. The van der Waals surface area contributed by atoms with E-state index in [1.807, 2.05) is 51.1 Å². The second-order valence-corrected chi connectivity index (χ2v) is 9.13. The molecular formula is C21H29ClN2O3S. The van der Waals surface area contributed by atoms with Crippen LogP contribution in [0.1, 0.15) is 22.3 Å². The van der Waals surface area contributed by atoms with Gasteiger partial charge in [-0.1, -0.05) is 29.8 Å². The molecule has 1 aliphatic heterocycles. The highest BCUT2D eigenvalue weighted by Gasteiger charge is 2.30. The van der Waals surface area contributed by atoms with Gasteiger partial charge in [-0.15, -0.1) is 12.4 Å². The molecule has 154 valence electrons. The Hall–Kier alpha value is -1.60. The molecule has 0 aliphatic carbocycles. The average Bonchev–Trinajstić information content (AvgIpc) is 2.61. The van der Waals surface area contributed by atoms with Crippen LogP contribution in [-0.4, -0.2) is 50.9 Å². The molecule has 0 atom stereocenters. The van der Waals surface area contributed by atoms with E-state index in [4.69, 9.17) is 4.74 Å². The van der Waals surface area contributed by atoms with Gasteiger partial charge in [0.15, 0.2) is 0 Å². The van der Waals surface area contributed by atoms with Crippen molar-refractivity contribution in [2.24, 2.45) is 0 Å². The van der Waals surface area contributed by atoms with E-state index in [0.717, 1.165) is 42.1 Å². The molecule has 0 N–H and O–H groups in total. The molecule has 0 aromatic heterocycles. The summed E-state index contributed by atoms with van der Waals surface area (Å²) >= 11 is 0. The number of nitrogens with zero attached hydrogens (tertiary/aromatic N) is 2. The third-order valence-electron chi connectivity index (χ3n) is 5.07. The topological polar surface area (TPSA) is 49.9 Å². The normalized spacial score (nSPS) is 15.9. The maximum Gasteiger partial charge on any atom is 0.243 e. The molecule has 0 radical (unpaired) electrons. The zero-order chi connectivity index (χ0) is 19.6. The zero-order valence-corrected chi connectivity index (χ0v) is 18.6. The Morgan fingerprint density at radius 2 is 1.57 bits per heavy atom. The lowest BCUT2D eigenvalue weighted by molar-refractivity contribution is 0.181. The molecule has 0 unspecified atom stereocenters. The lowest BCUT2D eigenvalue weighted by atomic mass is 10.1. The van der Waals surface area contributed by atoms with Gasteiger partial charge in [0.05, 0.1) is 12.0 Å². The number of benzene rings is 2. The van der Waals surface area contributed by atoms with Crippen LogP contribution >= 0.6 is 12.4 Å². The second-order valence-electron chi connectivity index (χ2n) is 7.26. The molecule has 2 aromatic rings. The van der Waals surface area contributed by atoms with Crippen molar-refractivity contribution in [1.29, 1.82) is 0 Å². The predicted molar refractivity (Wildman–Crippen MR) is 115 cm³/mol. The SMILES string of the molecule is COc1cccc(CN2CCN(S(=O)(=O)c3c(C)cc(C)cc3C)CC2)c1.Cl. The van der Waals surface area contributed by atoms with Crippen LogP contribution in [0.4, 0.5) is 0 Å². The first-order valence-electron chi connectivity index (χ1n) is 9.24. The van der Waals surface area contributed by atoms with Crippen LogP contribution in [0.3, 0.4) is 0 Å². The fraction of sp³-hybridized carbons (Fsp3) is 0.429. The summed E-state index contributed by atoms with van der Waals surface area (Å²) in [5.41, 5.74) is 3.92. The average molecular weight is 425 g/mol. The highest BCUT2D eigenvalue weighted by molar-refractivity contribution is 7.89. The van der Waals surface area contributed by atoms with E-state index in [1.54, 1.807) is 11.4 Å². The minimum Gasteiger partial charge on any atom is -0.497 e. The van der Waals surface area contributed by atoms with Crippen molar-refractivity contribution in [3.05, 3.63) is 58.7 Å². The van der Waals surface area contributed by atoms with Crippen LogP contribution in [0.25, 0.3) is 0 Å². The summed E-state index contributed by atoms with van der Waals surface area (Å²) < 4.78 is 33.3. The molecule has 2 aromatic carbocycles. The van der Waals surface area contributed by atoms with E-state index in [9.17, 15) is 8.42 Å². The van der Waals surface area contributed by atoms with Crippen LogP contribution in [0.15, 0.2) is 41.3 Å². The maximum atomic E-state index is 13.2. The third-order valence-corrected chi connectivity index (χ3v) is 7.28. The molecule has 1 fully saturated rings. The number of piperazine rings is 1. The number of sulfonamides is 1. The summed E-state index contributed by atoms with van der Waals surface area (Å²) in [5, 5.41) is 0. The van der Waals surface area contributed by atoms with Crippen LogP contribution in [0.2, 0.25) is 0 Å². The first-order chi connectivity index (χ1) is 12.8. The Balaban J connectivity index is 0.00000280. The number of rotatable bonds is 5. The Bertz CT molecular complexity index is 900. The fourth-order valence-corrected chi connectivity index (χ4v) is 5.69. The van der Waals surface area contributed by atoms with Gasteiger partial charge in [-0.05, 0) is 49.6 Å². The van der Waals surface area contributed by atoms with Crippen LogP contribution < -0.4 is 4.74 Å². The molecule has 28 heavy (non-hydrogen) atoms. The van der Waals surface area contributed by atoms with Crippen LogP contribution in [0, 0.1) is 20.8 Å². The van der Waals surface area contributed by atoms with Gasteiger partial charge in [0, 0.05) is 32.7 Å². The van der Waals surface area contributed by atoms with Gasteiger partial charge in [-0.2, -0.15) is 4.31 Å². The standard InChI is InChI=1S/C21H28N2O3S.ClH/c1-16-12-17(2)21(18(3)13-16)27(24,25)23-10-8-22(9-11-23)15-19-6-5-7-20(14-19)26-4;/h5-7,12-14H,8-11,15H2,1-4H3;1H. The van der Waals surface area contributed by atoms with E-state index < -0.39 is 10.0 Å². The lowest BCUT2D eigenvalue weighted by Crippen LogP contribution is -2.48. The quantitative estimate of drug-likeness (QED) is 0.736. The largest absolute Gasteiger partial charge is 0.497 e. The Morgan fingerprint density at radius 3 is 2.14 bits per heavy atom. The number of hydrogen-bond acceptors (Lipinski definition) is 4. The van der Waals surface area contributed by atoms with Crippen molar-refractivity contribution < 1.29 is 13.2 Å².